The highest BCUT2D eigenvalue weighted by atomic mass is 35.5. The summed E-state index contributed by atoms with van der Waals surface area (Å²) < 4.78 is 0. The standard InChI is InChI=1S/C14H19ClN6/c1-4-21(5-2)14-19-12(15)18-13(20-14)17-10(3)11-7-6-8-16-9-11/h6-10H,4-5H2,1-3H3,(H,17,18,19,20). The summed E-state index contributed by atoms with van der Waals surface area (Å²) in [5.74, 6) is 1.05. The van der Waals surface area contributed by atoms with E-state index in [4.69, 9.17) is 11.6 Å². The van der Waals surface area contributed by atoms with Crippen LogP contribution in [-0.4, -0.2) is 33.0 Å². The van der Waals surface area contributed by atoms with Crippen LogP contribution < -0.4 is 10.2 Å². The van der Waals surface area contributed by atoms with E-state index in [0.29, 0.717) is 11.9 Å². The van der Waals surface area contributed by atoms with Gasteiger partial charge in [-0.2, -0.15) is 15.0 Å². The van der Waals surface area contributed by atoms with Gasteiger partial charge >= 0.3 is 0 Å². The van der Waals surface area contributed by atoms with Crippen LogP contribution in [0.15, 0.2) is 24.5 Å². The number of anilines is 2. The van der Waals surface area contributed by atoms with Crippen molar-refractivity contribution in [3.63, 3.8) is 0 Å². The van der Waals surface area contributed by atoms with Crippen molar-refractivity contribution in [2.45, 2.75) is 26.8 Å². The number of halogens is 1. The molecule has 6 nitrogen and oxygen atoms in total. The summed E-state index contributed by atoms with van der Waals surface area (Å²) in [5.41, 5.74) is 1.05. The van der Waals surface area contributed by atoms with Gasteiger partial charge in [-0.25, -0.2) is 0 Å². The van der Waals surface area contributed by atoms with Crippen molar-refractivity contribution in [1.82, 2.24) is 19.9 Å². The van der Waals surface area contributed by atoms with Crippen molar-refractivity contribution in [2.75, 3.05) is 23.3 Å². The third kappa shape index (κ3) is 4.01. The average Bonchev–Trinajstić information content (AvgIpc) is 2.49. The maximum atomic E-state index is 6.00. The van der Waals surface area contributed by atoms with E-state index < -0.39 is 0 Å². The minimum Gasteiger partial charge on any atom is -0.347 e. The first kappa shape index (κ1) is 15.4. The molecule has 0 amide bonds. The molecule has 0 saturated carbocycles. The molecule has 0 saturated heterocycles. The van der Waals surface area contributed by atoms with Crippen LogP contribution in [0.25, 0.3) is 0 Å². The normalized spacial score (nSPS) is 12.0. The minimum absolute atomic E-state index is 0.0294. The molecule has 0 aliphatic carbocycles. The second-order valence-electron chi connectivity index (χ2n) is 4.55. The third-order valence-electron chi connectivity index (χ3n) is 3.17. The Hall–Kier alpha value is -1.95. The van der Waals surface area contributed by atoms with E-state index in [-0.39, 0.29) is 11.3 Å². The molecule has 0 radical (unpaired) electrons. The fourth-order valence-corrected chi connectivity index (χ4v) is 2.12. The molecule has 0 fully saturated rings. The maximum Gasteiger partial charge on any atom is 0.231 e. The molecule has 2 rings (SSSR count). The smallest absolute Gasteiger partial charge is 0.231 e. The Bertz CT molecular complexity index is 573. The number of hydrogen-bond acceptors (Lipinski definition) is 6. The molecule has 0 aliphatic heterocycles. The maximum absolute atomic E-state index is 6.00. The lowest BCUT2D eigenvalue weighted by atomic mass is 10.1. The highest BCUT2D eigenvalue weighted by molar-refractivity contribution is 6.28. The van der Waals surface area contributed by atoms with E-state index in [1.807, 2.05) is 44.0 Å². The Morgan fingerprint density at radius 1 is 1.24 bits per heavy atom. The molecule has 0 spiro atoms. The first-order valence-electron chi connectivity index (χ1n) is 6.97. The largest absolute Gasteiger partial charge is 0.347 e. The van der Waals surface area contributed by atoms with Gasteiger partial charge in [0.1, 0.15) is 0 Å². The quantitative estimate of drug-likeness (QED) is 0.885. The van der Waals surface area contributed by atoms with Gasteiger partial charge < -0.3 is 10.2 Å². The lowest BCUT2D eigenvalue weighted by Gasteiger charge is -2.20. The molecule has 112 valence electrons. The zero-order valence-electron chi connectivity index (χ0n) is 12.4. The van der Waals surface area contributed by atoms with E-state index in [1.54, 1.807) is 6.20 Å². The number of nitrogens with zero attached hydrogens (tertiary/aromatic N) is 5. The molecule has 7 heteroatoms. The molecule has 1 N–H and O–H groups in total. The van der Waals surface area contributed by atoms with Crippen molar-refractivity contribution in [3.8, 4) is 0 Å². The van der Waals surface area contributed by atoms with Crippen molar-refractivity contribution in [1.29, 1.82) is 0 Å². The van der Waals surface area contributed by atoms with Crippen LogP contribution in [0.2, 0.25) is 5.28 Å². The molecule has 2 heterocycles. The van der Waals surface area contributed by atoms with Gasteiger partial charge in [0, 0.05) is 25.5 Å². The number of rotatable bonds is 6. The van der Waals surface area contributed by atoms with Crippen LogP contribution in [-0.2, 0) is 0 Å². The van der Waals surface area contributed by atoms with E-state index >= 15 is 0 Å². The summed E-state index contributed by atoms with van der Waals surface area (Å²) in [6.07, 6.45) is 3.56. The summed E-state index contributed by atoms with van der Waals surface area (Å²) in [6.45, 7) is 7.74. The van der Waals surface area contributed by atoms with Crippen LogP contribution in [0.5, 0.6) is 0 Å². The minimum atomic E-state index is 0.0294. The van der Waals surface area contributed by atoms with Gasteiger partial charge in [-0.15, -0.1) is 0 Å². The van der Waals surface area contributed by atoms with Gasteiger partial charge in [0.15, 0.2) is 0 Å². The molecule has 2 aromatic rings. The van der Waals surface area contributed by atoms with Crippen LogP contribution in [0.4, 0.5) is 11.9 Å². The Kier molecular flexibility index (Phi) is 5.27. The van der Waals surface area contributed by atoms with Gasteiger partial charge in [0.25, 0.3) is 0 Å². The molecule has 0 aromatic carbocycles. The molecule has 21 heavy (non-hydrogen) atoms. The Balaban J connectivity index is 2.20. The van der Waals surface area contributed by atoms with E-state index in [2.05, 4.69) is 25.3 Å². The lowest BCUT2D eigenvalue weighted by Crippen LogP contribution is -2.25. The van der Waals surface area contributed by atoms with Gasteiger partial charge in [0.2, 0.25) is 17.2 Å². The monoisotopic (exact) mass is 306 g/mol. The van der Waals surface area contributed by atoms with E-state index in [1.165, 1.54) is 0 Å². The summed E-state index contributed by atoms with van der Waals surface area (Å²) in [6, 6.07) is 3.93. The number of hydrogen-bond donors (Lipinski definition) is 1. The highest BCUT2D eigenvalue weighted by Crippen LogP contribution is 2.18. The van der Waals surface area contributed by atoms with Crippen LogP contribution in [0.3, 0.4) is 0 Å². The molecule has 0 bridgehead atoms. The Labute approximate surface area is 129 Å². The molecule has 1 unspecified atom stereocenters. The van der Waals surface area contributed by atoms with Gasteiger partial charge in [0.05, 0.1) is 6.04 Å². The summed E-state index contributed by atoms with van der Waals surface area (Å²) >= 11 is 6.00. The zero-order chi connectivity index (χ0) is 15.2. The van der Waals surface area contributed by atoms with E-state index in [9.17, 15) is 0 Å². The summed E-state index contributed by atoms with van der Waals surface area (Å²) in [5, 5.41) is 3.42. The topological polar surface area (TPSA) is 66.8 Å². The Morgan fingerprint density at radius 2 is 2.00 bits per heavy atom. The SMILES string of the molecule is CCN(CC)c1nc(Cl)nc(NC(C)c2cccnc2)n1. The van der Waals surface area contributed by atoms with Crippen LogP contribution >= 0.6 is 11.6 Å². The predicted octanol–water partition coefficient (Wildman–Crippen LogP) is 2.94. The summed E-state index contributed by atoms with van der Waals surface area (Å²) in [4.78, 5) is 18.9. The number of pyridine rings is 1. The summed E-state index contributed by atoms with van der Waals surface area (Å²) in [7, 11) is 0. The van der Waals surface area contributed by atoms with Crippen molar-refractivity contribution in [2.24, 2.45) is 0 Å². The highest BCUT2D eigenvalue weighted by Gasteiger charge is 2.12. The molecular formula is C14H19ClN6. The van der Waals surface area contributed by atoms with E-state index in [0.717, 1.165) is 18.7 Å². The number of aromatic nitrogens is 4. The first-order chi connectivity index (χ1) is 10.1. The predicted molar refractivity (Wildman–Crippen MR) is 84.7 cm³/mol. The lowest BCUT2D eigenvalue weighted by molar-refractivity contribution is 0.798. The van der Waals surface area contributed by atoms with Gasteiger partial charge in [-0.3, -0.25) is 4.98 Å². The van der Waals surface area contributed by atoms with Gasteiger partial charge in [-0.1, -0.05) is 6.07 Å². The molecule has 1 atom stereocenters. The van der Waals surface area contributed by atoms with Crippen molar-refractivity contribution < 1.29 is 0 Å². The molecule has 0 aliphatic rings. The fraction of sp³-hybridized carbons (Fsp3) is 0.429. The van der Waals surface area contributed by atoms with Crippen molar-refractivity contribution in [3.05, 3.63) is 35.4 Å². The average molecular weight is 307 g/mol. The molecule has 2 aromatic heterocycles. The number of nitrogens with one attached hydrogen (secondary N) is 1. The van der Waals surface area contributed by atoms with Crippen molar-refractivity contribution >= 4 is 23.5 Å². The second-order valence-corrected chi connectivity index (χ2v) is 4.89. The van der Waals surface area contributed by atoms with Crippen LogP contribution in [0, 0.1) is 0 Å². The van der Waals surface area contributed by atoms with Crippen LogP contribution in [0.1, 0.15) is 32.4 Å². The third-order valence-corrected chi connectivity index (χ3v) is 3.34. The van der Waals surface area contributed by atoms with Gasteiger partial charge in [-0.05, 0) is 44.0 Å². The molecular weight excluding hydrogens is 288 g/mol. The second kappa shape index (κ2) is 7.17. The Morgan fingerprint density at radius 3 is 2.62 bits per heavy atom. The fourth-order valence-electron chi connectivity index (χ4n) is 1.96. The zero-order valence-corrected chi connectivity index (χ0v) is 13.2. The first-order valence-corrected chi connectivity index (χ1v) is 7.34.